The van der Waals surface area contributed by atoms with Gasteiger partial charge in [-0.3, -0.25) is 4.79 Å². The smallest absolute Gasteiger partial charge is 0.306 e. The Balaban J connectivity index is 1.92. The van der Waals surface area contributed by atoms with E-state index in [0.717, 1.165) is 31.4 Å². The van der Waals surface area contributed by atoms with Gasteiger partial charge in [0.25, 0.3) is 0 Å². The van der Waals surface area contributed by atoms with Gasteiger partial charge in [-0.25, -0.2) is 0 Å². The van der Waals surface area contributed by atoms with Gasteiger partial charge in [0.15, 0.2) is 0 Å². The van der Waals surface area contributed by atoms with Gasteiger partial charge in [-0.15, -0.1) is 11.6 Å². The van der Waals surface area contributed by atoms with Crippen LogP contribution in [0.3, 0.4) is 0 Å². The van der Waals surface area contributed by atoms with E-state index in [4.69, 9.17) is 26.2 Å². The number of aromatic hydroxyl groups is 1. The molecule has 0 radical (unpaired) electrons. The molecule has 0 aliphatic heterocycles. The van der Waals surface area contributed by atoms with Crippen LogP contribution in [0.2, 0.25) is 0 Å². The number of rotatable bonds is 10. The van der Waals surface area contributed by atoms with Gasteiger partial charge in [0.05, 0.1) is 19.6 Å². The summed E-state index contributed by atoms with van der Waals surface area (Å²) in [7, 11) is 0. The van der Waals surface area contributed by atoms with E-state index in [9.17, 15) is 4.79 Å². The van der Waals surface area contributed by atoms with Crippen molar-refractivity contribution < 1.29 is 19.4 Å². The topological polar surface area (TPSA) is 55.8 Å². The number of ether oxygens (including phenoxy) is 2. The standard InChI is InChI=1S/C15H21ClO4/c16-10-9-15(18)20-12-4-2-1-3-11-19-14-7-5-13(17)6-8-14/h5-8,17H,1-4,9-12H2. The molecule has 0 heterocycles. The van der Waals surface area contributed by atoms with Crippen LogP contribution in [0.1, 0.15) is 32.1 Å². The van der Waals surface area contributed by atoms with Gasteiger partial charge in [0, 0.05) is 5.88 Å². The van der Waals surface area contributed by atoms with E-state index in [1.54, 1.807) is 24.3 Å². The molecule has 1 N–H and O–H groups in total. The van der Waals surface area contributed by atoms with Crippen LogP contribution < -0.4 is 4.74 Å². The minimum Gasteiger partial charge on any atom is -0.508 e. The number of alkyl halides is 1. The summed E-state index contributed by atoms with van der Waals surface area (Å²) in [6.07, 6.45) is 4.14. The minimum atomic E-state index is -0.226. The maximum atomic E-state index is 11.0. The predicted molar refractivity (Wildman–Crippen MR) is 78.4 cm³/mol. The molecule has 0 fully saturated rings. The minimum absolute atomic E-state index is 0.226. The summed E-state index contributed by atoms with van der Waals surface area (Å²) in [5.41, 5.74) is 0. The molecular weight excluding hydrogens is 280 g/mol. The molecule has 0 aromatic heterocycles. The van der Waals surface area contributed by atoms with Gasteiger partial charge in [0.2, 0.25) is 0 Å². The Bertz CT molecular complexity index is 378. The quantitative estimate of drug-likeness (QED) is 0.408. The van der Waals surface area contributed by atoms with Crippen LogP contribution in [-0.2, 0) is 9.53 Å². The van der Waals surface area contributed by atoms with Crippen molar-refractivity contribution in [2.45, 2.75) is 32.1 Å². The zero-order valence-electron chi connectivity index (χ0n) is 11.5. The van der Waals surface area contributed by atoms with E-state index >= 15 is 0 Å². The number of halogens is 1. The zero-order valence-corrected chi connectivity index (χ0v) is 12.3. The van der Waals surface area contributed by atoms with E-state index in [2.05, 4.69) is 0 Å². The van der Waals surface area contributed by atoms with Crippen molar-refractivity contribution in [1.82, 2.24) is 0 Å². The third-order valence-electron chi connectivity index (χ3n) is 2.71. The molecule has 4 nitrogen and oxygen atoms in total. The number of benzene rings is 1. The number of carbonyl (C=O) groups excluding carboxylic acids is 1. The first-order chi connectivity index (χ1) is 9.72. The Morgan fingerprint density at radius 3 is 2.35 bits per heavy atom. The molecule has 112 valence electrons. The molecule has 5 heteroatoms. The van der Waals surface area contributed by atoms with Crippen LogP contribution in [0.25, 0.3) is 0 Å². The molecule has 0 bridgehead atoms. The molecule has 0 spiro atoms. The lowest BCUT2D eigenvalue weighted by molar-refractivity contribution is -0.143. The Kier molecular flexibility index (Phi) is 8.63. The summed E-state index contributed by atoms with van der Waals surface area (Å²) >= 11 is 5.42. The molecule has 1 rings (SSSR count). The summed E-state index contributed by atoms with van der Waals surface area (Å²) in [6, 6.07) is 6.69. The van der Waals surface area contributed by atoms with Gasteiger partial charge in [-0.1, -0.05) is 0 Å². The van der Waals surface area contributed by atoms with Gasteiger partial charge < -0.3 is 14.6 Å². The van der Waals surface area contributed by atoms with E-state index in [-0.39, 0.29) is 18.1 Å². The van der Waals surface area contributed by atoms with Crippen LogP contribution in [0.5, 0.6) is 11.5 Å². The van der Waals surface area contributed by atoms with E-state index < -0.39 is 0 Å². The summed E-state index contributed by atoms with van der Waals surface area (Å²) < 4.78 is 10.5. The monoisotopic (exact) mass is 300 g/mol. The first-order valence-electron chi connectivity index (χ1n) is 6.86. The number of esters is 1. The fourth-order valence-electron chi connectivity index (χ4n) is 1.63. The Hall–Kier alpha value is -1.42. The van der Waals surface area contributed by atoms with Gasteiger partial charge in [0.1, 0.15) is 11.5 Å². The van der Waals surface area contributed by atoms with Crippen molar-refractivity contribution in [3.63, 3.8) is 0 Å². The van der Waals surface area contributed by atoms with Gasteiger partial charge in [-0.05, 0) is 49.9 Å². The fraction of sp³-hybridized carbons (Fsp3) is 0.533. The SMILES string of the molecule is O=C(CCCl)OCCCCCCOc1ccc(O)cc1. The normalized spacial score (nSPS) is 10.2. The second-order valence-corrected chi connectivity index (χ2v) is 4.79. The van der Waals surface area contributed by atoms with E-state index in [1.807, 2.05) is 0 Å². The lowest BCUT2D eigenvalue weighted by atomic mass is 10.2. The van der Waals surface area contributed by atoms with Gasteiger partial charge >= 0.3 is 5.97 Å². The summed E-state index contributed by atoms with van der Waals surface area (Å²) in [5.74, 6) is 1.09. The largest absolute Gasteiger partial charge is 0.508 e. The molecule has 0 aliphatic carbocycles. The molecule has 0 amide bonds. The highest BCUT2D eigenvalue weighted by molar-refractivity contribution is 6.18. The third kappa shape index (κ3) is 7.89. The molecule has 1 aromatic rings. The fourth-order valence-corrected chi connectivity index (χ4v) is 1.78. The van der Waals surface area contributed by atoms with Crippen LogP contribution in [-0.4, -0.2) is 30.2 Å². The first-order valence-corrected chi connectivity index (χ1v) is 7.39. The first kappa shape index (κ1) is 16.6. The van der Waals surface area contributed by atoms with Crippen LogP contribution in [0.4, 0.5) is 0 Å². The zero-order chi connectivity index (χ0) is 14.6. The average Bonchev–Trinajstić information content (AvgIpc) is 2.44. The number of unbranched alkanes of at least 4 members (excludes halogenated alkanes) is 3. The van der Waals surface area contributed by atoms with E-state index in [0.29, 0.717) is 19.1 Å². The summed E-state index contributed by atoms with van der Waals surface area (Å²) in [4.78, 5) is 11.0. The van der Waals surface area contributed by atoms with Crippen molar-refractivity contribution >= 4 is 17.6 Å². The van der Waals surface area contributed by atoms with Crippen molar-refractivity contribution in [2.24, 2.45) is 0 Å². The number of carbonyl (C=O) groups is 1. The van der Waals surface area contributed by atoms with E-state index in [1.165, 1.54) is 0 Å². The highest BCUT2D eigenvalue weighted by atomic mass is 35.5. The molecule has 0 saturated carbocycles. The molecule has 0 aliphatic rings. The van der Waals surface area contributed by atoms with Crippen molar-refractivity contribution in [3.05, 3.63) is 24.3 Å². The molecular formula is C15H21ClO4. The molecule has 20 heavy (non-hydrogen) atoms. The number of phenols is 1. The maximum absolute atomic E-state index is 11.0. The second kappa shape index (κ2) is 10.4. The Labute approximate surface area is 124 Å². The van der Waals surface area contributed by atoms with Crippen LogP contribution >= 0.6 is 11.6 Å². The number of hydrogen-bond donors (Lipinski definition) is 1. The third-order valence-corrected chi connectivity index (χ3v) is 2.89. The highest BCUT2D eigenvalue weighted by Gasteiger charge is 2.00. The molecule has 1 aromatic carbocycles. The highest BCUT2D eigenvalue weighted by Crippen LogP contribution is 2.16. The van der Waals surface area contributed by atoms with Crippen LogP contribution in [0.15, 0.2) is 24.3 Å². The molecule has 0 unspecified atom stereocenters. The second-order valence-electron chi connectivity index (χ2n) is 4.42. The Morgan fingerprint density at radius 2 is 1.70 bits per heavy atom. The van der Waals surface area contributed by atoms with Crippen molar-refractivity contribution in [2.75, 3.05) is 19.1 Å². The summed E-state index contributed by atoms with van der Waals surface area (Å²) in [5, 5.41) is 9.12. The lowest BCUT2D eigenvalue weighted by Gasteiger charge is -2.06. The van der Waals surface area contributed by atoms with Crippen molar-refractivity contribution in [3.8, 4) is 11.5 Å². The predicted octanol–water partition coefficient (Wildman–Crippen LogP) is 3.50. The molecule has 0 saturated heterocycles. The molecule has 0 atom stereocenters. The Morgan fingerprint density at radius 1 is 1.05 bits per heavy atom. The van der Waals surface area contributed by atoms with Crippen LogP contribution in [0, 0.1) is 0 Å². The average molecular weight is 301 g/mol. The lowest BCUT2D eigenvalue weighted by Crippen LogP contribution is -2.06. The van der Waals surface area contributed by atoms with Crippen molar-refractivity contribution in [1.29, 1.82) is 0 Å². The summed E-state index contributed by atoms with van der Waals surface area (Å²) in [6.45, 7) is 1.12. The van der Waals surface area contributed by atoms with Gasteiger partial charge in [-0.2, -0.15) is 0 Å². The maximum Gasteiger partial charge on any atom is 0.306 e. The number of hydrogen-bond acceptors (Lipinski definition) is 4. The number of phenolic OH excluding ortho intramolecular Hbond substituents is 1.